The first kappa shape index (κ1) is 18.7. The molecule has 1 saturated heterocycles. The Morgan fingerprint density at radius 3 is 2.05 bits per heavy atom. The van der Waals surface area contributed by atoms with Gasteiger partial charge in [0.05, 0.1) is 13.2 Å². The quantitative estimate of drug-likeness (QED) is 0.759. The molecule has 1 heterocycles. The van der Waals surface area contributed by atoms with Crippen molar-refractivity contribution in [1.82, 2.24) is 5.32 Å². The van der Waals surface area contributed by atoms with Crippen LogP contribution < -0.4 is 11.1 Å². The van der Waals surface area contributed by atoms with Crippen LogP contribution in [0.15, 0.2) is 0 Å². The van der Waals surface area contributed by atoms with Gasteiger partial charge in [0, 0.05) is 12.0 Å². The maximum absolute atomic E-state index is 12.4. The maximum atomic E-state index is 12.4. The minimum absolute atomic E-state index is 0.293. The third-order valence-electron chi connectivity index (χ3n) is 2.93. The number of rotatable bonds is 3. The minimum atomic E-state index is -0.897. The fraction of sp³-hybridized carbons (Fsp3) is 0.867. The summed E-state index contributed by atoms with van der Waals surface area (Å²) in [6.45, 7) is 11.2. The Hall–Kier alpha value is -1.34. The predicted molar refractivity (Wildman–Crippen MR) is 81.3 cm³/mol. The van der Waals surface area contributed by atoms with Gasteiger partial charge in [-0.1, -0.05) is 0 Å². The van der Waals surface area contributed by atoms with Gasteiger partial charge in [0.25, 0.3) is 0 Å². The lowest BCUT2D eigenvalue weighted by molar-refractivity contribution is -0.159. The highest BCUT2D eigenvalue weighted by Crippen LogP contribution is 2.20. The zero-order chi connectivity index (χ0) is 17.1. The van der Waals surface area contributed by atoms with Crippen molar-refractivity contribution in [3.05, 3.63) is 0 Å². The van der Waals surface area contributed by atoms with Crippen LogP contribution in [-0.2, 0) is 19.0 Å². The SMILES string of the molecule is CC(C)(C)OC(=O)N[C@H](C(=O)OC(C)(C)C)[C@H]1COC[C@H]1N. The summed E-state index contributed by atoms with van der Waals surface area (Å²) in [6, 6.07) is -1.24. The summed E-state index contributed by atoms with van der Waals surface area (Å²) >= 11 is 0. The van der Waals surface area contributed by atoms with Gasteiger partial charge in [-0.3, -0.25) is 0 Å². The van der Waals surface area contributed by atoms with Gasteiger partial charge in [-0.05, 0) is 41.5 Å². The van der Waals surface area contributed by atoms with Gasteiger partial charge in [-0.25, -0.2) is 9.59 Å². The highest BCUT2D eigenvalue weighted by molar-refractivity contribution is 5.82. The van der Waals surface area contributed by atoms with E-state index >= 15 is 0 Å². The Bertz CT molecular complexity index is 411. The highest BCUT2D eigenvalue weighted by atomic mass is 16.6. The molecule has 3 N–H and O–H groups in total. The van der Waals surface area contributed by atoms with E-state index < -0.39 is 29.3 Å². The zero-order valence-electron chi connectivity index (χ0n) is 14.3. The molecule has 0 aromatic heterocycles. The van der Waals surface area contributed by atoms with E-state index in [1.54, 1.807) is 41.5 Å². The number of hydrogen-bond acceptors (Lipinski definition) is 6. The summed E-state index contributed by atoms with van der Waals surface area (Å²) < 4.78 is 15.9. The normalized spacial score (nSPS) is 23.8. The van der Waals surface area contributed by atoms with Crippen molar-refractivity contribution in [3.63, 3.8) is 0 Å². The van der Waals surface area contributed by atoms with E-state index in [1.807, 2.05) is 0 Å². The van der Waals surface area contributed by atoms with Crippen molar-refractivity contribution in [2.45, 2.75) is 64.8 Å². The third kappa shape index (κ3) is 6.19. The van der Waals surface area contributed by atoms with Crippen LogP contribution in [0.3, 0.4) is 0 Å². The van der Waals surface area contributed by atoms with Crippen molar-refractivity contribution in [1.29, 1.82) is 0 Å². The Morgan fingerprint density at radius 1 is 1.09 bits per heavy atom. The highest BCUT2D eigenvalue weighted by Gasteiger charge is 2.40. The Balaban J connectivity index is 2.82. The smallest absolute Gasteiger partial charge is 0.408 e. The number of esters is 1. The van der Waals surface area contributed by atoms with Gasteiger partial charge in [0.1, 0.15) is 17.2 Å². The summed E-state index contributed by atoms with van der Waals surface area (Å²) in [6.07, 6.45) is -0.678. The average molecular weight is 316 g/mol. The van der Waals surface area contributed by atoms with E-state index in [-0.39, 0.29) is 12.0 Å². The second-order valence-electron chi connectivity index (χ2n) is 7.52. The Morgan fingerprint density at radius 2 is 1.64 bits per heavy atom. The van der Waals surface area contributed by atoms with Crippen molar-refractivity contribution in [2.75, 3.05) is 13.2 Å². The molecule has 1 aliphatic rings. The summed E-state index contributed by atoms with van der Waals surface area (Å²) in [4.78, 5) is 24.4. The number of alkyl carbamates (subject to hydrolysis) is 1. The molecule has 3 atom stereocenters. The molecule has 0 aliphatic carbocycles. The van der Waals surface area contributed by atoms with Gasteiger partial charge >= 0.3 is 12.1 Å². The van der Waals surface area contributed by atoms with Crippen LogP contribution in [-0.4, -0.2) is 48.6 Å². The number of ether oxygens (including phenoxy) is 3. The third-order valence-corrected chi connectivity index (χ3v) is 2.93. The number of carbonyl (C=O) groups excluding carboxylic acids is 2. The maximum Gasteiger partial charge on any atom is 0.408 e. The molecule has 7 heteroatoms. The lowest BCUT2D eigenvalue weighted by atomic mass is 9.95. The topological polar surface area (TPSA) is 99.9 Å². The molecule has 1 rings (SSSR count). The van der Waals surface area contributed by atoms with Crippen LogP contribution in [0, 0.1) is 5.92 Å². The molecule has 0 radical (unpaired) electrons. The molecule has 0 bridgehead atoms. The van der Waals surface area contributed by atoms with E-state index in [9.17, 15) is 9.59 Å². The second-order valence-corrected chi connectivity index (χ2v) is 7.52. The second kappa shape index (κ2) is 6.83. The molecule has 0 aromatic carbocycles. The number of amides is 1. The number of nitrogens with two attached hydrogens (primary N) is 1. The predicted octanol–water partition coefficient (Wildman–Crippen LogP) is 1.20. The molecule has 7 nitrogen and oxygen atoms in total. The van der Waals surface area contributed by atoms with Gasteiger partial charge < -0.3 is 25.3 Å². The van der Waals surface area contributed by atoms with Crippen molar-refractivity contribution in [2.24, 2.45) is 11.7 Å². The van der Waals surface area contributed by atoms with Crippen molar-refractivity contribution < 1.29 is 23.8 Å². The van der Waals surface area contributed by atoms with Crippen LogP contribution in [0.25, 0.3) is 0 Å². The molecule has 0 aromatic rings. The molecule has 1 aliphatic heterocycles. The Kier molecular flexibility index (Phi) is 5.81. The van der Waals surface area contributed by atoms with Crippen LogP contribution in [0.2, 0.25) is 0 Å². The minimum Gasteiger partial charge on any atom is -0.458 e. The van der Waals surface area contributed by atoms with Crippen LogP contribution >= 0.6 is 0 Å². The number of nitrogens with one attached hydrogen (secondary N) is 1. The fourth-order valence-corrected chi connectivity index (χ4v) is 2.07. The standard InChI is InChI=1S/C15H28N2O5/c1-14(2,3)21-12(18)11(9-7-20-8-10(9)16)17-13(19)22-15(4,5)6/h9-11H,7-8,16H2,1-6H3,(H,17,19)/t9-,10+,11-/m0/s1. The molecule has 0 spiro atoms. The van der Waals surface area contributed by atoms with E-state index in [0.717, 1.165) is 0 Å². The van der Waals surface area contributed by atoms with E-state index in [2.05, 4.69) is 5.32 Å². The van der Waals surface area contributed by atoms with Gasteiger partial charge in [0.15, 0.2) is 0 Å². The molecular weight excluding hydrogens is 288 g/mol. The van der Waals surface area contributed by atoms with Gasteiger partial charge in [-0.15, -0.1) is 0 Å². The van der Waals surface area contributed by atoms with Crippen LogP contribution in [0.4, 0.5) is 4.79 Å². The summed E-state index contributed by atoms with van der Waals surface area (Å²) in [5.41, 5.74) is 4.65. The van der Waals surface area contributed by atoms with E-state index in [4.69, 9.17) is 19.9 Å². The molecule has 1 fully saturated rings. The van der Waals surface area contributed by atoms with Gasteiger partial charge in [0.2, 0.25) is 0 Å². The average Bonchev–Trinajstić information content (AvgIpc) is 2.67. The lowest BCUT2D eigenvalue weighted by Gasteiger charge is -2.29. The molecule has 0 unspecified atom stereocenters. The first-order valence-corrected chi connectivity index (χ1v) is 7.45. The molecule has 1 amide bonds. The lowest BCUT2D eigenvalue weighted by Crippen LogP contribution is -2.54. The summed E-state index contributed by atoms with van der Waals surface area (Å²) in [7, 11) is 0. The first-order chi connectivity index (χ1) is 9.89. The first-order valence-electron chi connectivity index (χ1n) is 7.45. The summed E-state index contributed by atoms with van der Waals surface area (Å²) in [5, 5.41) is 2.57. The number of carbonyl (C=O) groups is 2. The van der Waals surface area contributed by atoms with Gasteiger partial charge in [-0.2, -0.15) is 0 Å². The van der Waals surface area contributed by atoms with Crippen molar-refractivity contribution in [3.8, 4) is 0 Å². The van der Waals surface area contributed by atoms with Crippen LogP contribution in [0.1, 0.15) is 41.5 Å². The summed E-state index contributed by atoms with van der Waals surface area (Å²) in [5.74, 6) is -0.883. The van der Waals surface area contributed by atoms with E-state index in [1.165, 1.54) is 0 Å². The molecule has 22 heavy (non-hydrogen) atoms. The largest absolute Gasteiger partial charge is 0.458 e. The monoisotopic (exact) mass is 316 g/mol. The number of hydrogen-bond donors (Lipinski definition) is 2. The van der Waals surface area contributed by atoms with Crippen molar-refractivity contribution >= 4 is 12.1 Å². The zero-order valence-corrected chi connectivity index (χ0v) is 14.3. The molecular formula is C15H28N2O5. The van der Waals surface area contributed by atoms with E-state index in [0.29, 0.717) is 13.2 Å². The fourth-order valence-electron chi connectivity index (χ4n) is 2.07. The Labute approximate surface area is 131 Å². The molecule has 0 saturated carbocycles. The van der Waals surface area contributed by atoms with Crippen LogP contribution in [0.5, 0.6) is 0 Å². The molecule has 128 valence electrons.